The highest BCUT2D eigenvalue weighted by Crippen LogP contribution is 2.14. The minimum atomic E-state index is -0.133. The summed E-state index contributed by atoms with van der Waals surface area (Å²) in [6.07, 6.45) is 1.94. The maximum absolute atomic E-state index is 12.1. The van der Waals surface area contributed by atoms with Crippen molar-refractivity contribution in [3.8, 4) is 5.75 Å². The topological polar surface area (TPSA) is 50.7 Å². The predicted octanol–water partition coefficient (Wildman–Crippen LogP) is 4.58. The Kier molecular flexibility index (Phi) is 6.58. The van der Waals surface area contributed by atoms with Gasteiger partial charge < -0.3 is 4.74 Å². The van der Waals surface area contributed by atoms with Gasteiger partial charge in [-0.3, -0.25) is 4.79 Å². The summed E-state index contributed by atoms with van der Waals surface area (Å²) >= 11 is 0. The number of amides is 1. The van der Waals surface area contributed by atoms with Gasteiger partial charge in [-0.2, -0.15) is 5.10 Å². The van der Waals surface area contributed by atoms with Crippen LogP contribution in [0.5, 0.6) is 5.75 Å². The molecule has 0 spiro atoms. The SMILES string of the molecule is Cc1ccc(CC(=O)N/N=C\c2ccc(OCc3ccccc3)cc2)c(C)c1. The lowest BCUT2D eigenvalue weighted by Gasteiger charge is -2.06. The molecule has 0 fully saturated rings. The van der Waals surface area contributed by atoms with E-state index in [1.807, 2.05) is 80.6 Å². The molecule has 0 aromatic heterocycles. The first-order chi connectivity index (χ1) is 13.6. The molecule has 1 N–H and O–H groups in total. The van der Waals surface area contributed by atoms with Gasteiger partial charge >= 0.3 is 0 Å². The maximum atomic E-state index is 12.1. The molecule has 0 radical (unpaired) electrons. The van der Waals surface area contributed by atoms with Gasteiger partial charge in [0.05, 0.1) is 12.6 Å². The second kappa shape index (κ2) is 9.51. The number of hydrazone groups is 1. The molecular weight excluding hydrogens is 348 g/mol. The first-order valence-corrected chi connectivity index (χ1v) is 9.25. The van der Waals surface area contributed by atoms with Gasteiger partial charge in [0, 0.05) is 0 Å². The van der Waals surface area contributed by atoms with E-state index < -0.39 is 0 Å². The van der Waals surface area contributed by atoms with Gasteiger partial charge in [-0.05, 0) is 60.4 Å². The Morgan fingerprint density at radius 3 is 2.46 bits per heavy atom. The van der Waals surface area contributed by atoms with Crippen molar-refractivity contribution in [1.29, 1.82) is 0 Å². The summed E-state index contributed by atoms with van der Waals surface area (Å²) in [5, 5.41) is 4.04. The molecule has 3 aromatic rings. The van der Waals surface area contributed by atoms with Gasteiger partial charge in [-0.15, -0.1) is 0 Å². The van der Waals surface area contributed by atoms with Crippen LogP contribution in [0.25, 0.3) is 0 Å². The summed E-state index contributed by atoms with van der Waals surface area (Å²) < 4.78 is 5.76. The van der Waals surface area contributed by atoms with Gasteiger partial charge in [-0.25, -0.2) is 5.43 Å². The van der Waals surface area contributed by atoms with Crippen molar-refractivity contribution in [3.05, 3.63) is 101 Å². The van der Waals surface area contributed by atoms with E-state index >= 15 is 0 Å². The van der Waals surface area contributed by atoms with Gasteiger partial charge in [0.2, 0.25) is 5.91 Å². The van der Waals surface area contributed by atoms with Crippen molar-refractivity contribution in [2.45, 2.75) is 26.9 Å². The highest BCUT2D eigenvalue weighted by Gasteiger charge is 2.05. The van der Waals surface area contributed by atoms with E-state index in [2.05, 4.69) is 16.6 Å². The van der Waals surface area contributed by atoms with Gasteiger partial charge in [0.1, 0.15) is 12.4 Å². The molecule has 4 heteroatoms. The largest absolute Gasteiger partial charge is 0.489 e. The number of hydrogen-bond donors (Lipinski definition) is 1. The minimum Gasteiger partial charge on any atom is -0.489 e. The van der Waals surface area contributed by atoms with Crippen LogP contribution in [0.15, 0.2) is 77.9 Å². The molecule has 0 heterocycles. The zero-order valence-corrected chi connectivity index (χ0v) is 16.2. The average molecular weight is 372 g/mol. The monoisotopic (exact) mass is 372 g/mol. The van der Waals surface area contributed by atoms with E-state index in [1.165, 1.54) is 5.56 Å². The maximum Gasteiger partial charge on any atom is 0.244 e. The van der Waals surface area contributed by atoms with Crippen molar-refractivity contribution in [3.63, 3.8) is 0 Å². The van der Waals surface area contributed by atoms with Crippen LogP contribution in [0.2, 0.25) is 0 Å². The summed E-state index contributed by atoms with van der Waals surface area (Å²) in [6, 6.07) is 23.7. The number of ether oxygens (including phenoxy) is 1. The van der Waals surface area contributed by atoms with Crippen LogP contribution in [0.3, 0.4) is 0 Å². The molecule has 1 amide bonds. The Balaban J connectivity index is 1.48. The number of carbonyl (C=O) groups excluding carboxylic acids is 1. The molecule has 0 aliphatic rings. The first-order valence-electron chi connectivity index (χ1n) is 9.25. The zero-order valence-electron chi connectivity index (χ0n) is 16.2. The van der Waals surface area contributed by atoms with E-state index in [0.29, 0.717) is 13.0 Å². The van der Waals surface area contributed by atoms with Crippen LogP contribution in [-0.2, 0) is 17.8 Å². The normalized spacial score (nSPS) is 10.8. The lowest BCUT2D eigenvalue weighted by molar-refractivity contribution is -0.120. The second-order valence-corrected chi connectivity index (χ2v) is 6.74. The molecule has 3 rings (SSSR count). The van der Waals surface area contributed by atoms with Gasteiger partial charge in [0.25, 0.3) is 0 Å². The van der Waals surface area contributed by atoms with Crippen LogP contribution in [-0.4, -0.2) is 12.1 Å². The Bertz CT molecular complexity index is 948. The number of carbonyl (C=O) groups is 1. The fraction of sp³-hybridized carbons (Fsp3) is 0.167. The van der Waals surface area contributed by atoms with E-state index in [-0.39, 0.29) is 5.91 Å². The van der Waals surface area contributed by atoms with E-state index in [1.54, 1.807) is 6.21 Å². The Hall–Kier alpha value is -3.40. The lowest BCUT2D eigenvalue weighted by atomic mass is 10.0. The van der Waals surface area contributed by atoms with Crippen molar-refractivity contribution in [2.24, 2.45) is 5.10 Å². The number of nitrogens with zero attached hydrogens (tertiary/aromatic N) is 1. The smallest absolute Gasteiger partial charge is 0.244 e. The fourth-order valence-electron chi connectivity index (χ4n) is 2.83. The van der Waals surface area contributed by atoms with E-state index in [0.717, 1.165) is 28.0 Å². The molecular formula is C24H24N2O2. The first kappa shape index (κ1) is 19.4. The quantitative estimate of drug-likeness (QED) is 0.488. The Labute approximate surface area is 165 Å². The van der Waals surface area contributed by atoms with Gasteiger partial charge in [0.15, 0.2) is 0 Å². The third-order valence-electron chi connectivity index (χ3n) is 4.38. The molecule has 0 atom stereocenters. The van der Waals surface area contributed by atoms with Crippen molar-refractivity contribution >= 4 is 12.1 Å². The molecule has 4 nitrogen and oxygen atoms in total. The lowest BCUT2D eigenvalue weighted by Crippen LogP contribution is -2.20. The number of hydrogen-bond acceptors (Lipinski definition) is 3. The van der Waals surface area contributed by atoms with Crippen LogP contribution in [0, 0.1) is 13.8 Å². The molecule has 0 bridgehead atoms. The van der Waals surface area contributed by atoms with Crippen LogP contribution < -0.4 is 10.2 Å². The van der Waals surface area contributed by atoms with Crippen LogP contribution in [0.4, 0.5) is 0 Å². The average Bonchev–Trinajstić information content (AvgIpc) is 2.70. The molecule has 0 saturated heterocycles. The highest BCUT2D eigenvalue weighted by molar-refractivity contribution is 5.83. The zero-order chi connectivity index (χ0) is 19.8. The molecule has 0 saturated carbocycles. The predicted molar refractivity (Wildman–Crippen MR) is 113 cm³/mol. The third-order valence-corrected chi connectivity index (χ3v) is 4.38. The van der Waals surface area contributed by atoms with Gasteiger partial charge in [-0.1, -0.05) is 54.1 Å². The Morgan fingerprint density at radius 1 is 1.00 bits per heavy atom. The summed E-state index contributed by atoms with van der Waals surface area (Å²) in [5.74, 6) is 0.658. The number of rotatable bonds is 7. The Morgan fingerprint density at radius 2 is 1.75 bits per heavy atom. The van der Waals surface area contributed by atoms with Crippen molar-refractivity contribution < 1.29 is 9.53 Å². The summed E-state index contributed by atoms with van der Waals surface area (Å²) in [6.45, 7) is 4.59. The van der Waals surface area contributed by atoms with Crippen LogP contribution >= 0.6 is 0 Å². The van der Waals surface area contributed by atoms with E-state index in [4.69, 9.17) is 4.74 Å². The third kappa shape index (κ3) is 5.81. The number of benzene rings is 3. The summed E-state index contributed by atoms with van der Waals surface area (Å²) in [4.78, 5) is 12.1. The highest BCUT2D eigenvalue weighted by atomic mass is 16.5. The fourth-order valence-corrected chi connectivity index (χ4v) is 2.83. The van der Waals surface area contributed by atoms with Crippen molar-refractivity contribution in [1.82, 2.24) is 5.43 Å². The number of nitrogens with one attached hydrogen (secondary N) is 1. The standard InChI is InChI=1S/C24H24N2O2/c1-18-8-11-22(19(2)14-18)15-24(27)26-25-16-20-9-12-23(13-10-20)28-17-21-6-4-3-5-7-21/h3-14,16H,15,17H2,1-2H3,(H,26,27)/b25-16-. The van der Waals surface area contributed by atoms with E-state index in [9.17, 15) is 4.79 Å². The molecule has 3 aromatic carbocycles. The van der Waals surface area contributed by atoms with Crippen molar-refractivity contribution in [2.75, 3.05) is 0 Å². The molecule has 0 unspecified atom stereocenters. The minimum absolute atomic E-state index is 0.133. The number of aryl methyl sites for hydroxylation is 2. The summed E-state index contributed by atoms with van der Waals surface area (Å²) in [5.41, 5.74) is 7.91. The van der Waals surface area contributed by atoms with Crippen LogP contribution in [0.1, 0.15) is 27.8 Å². The summed E-state index contributed by atoms with van der Waals surface area (Å²) in [7, 11) is 0. The molecule has 0 aliphatic heterocycles. The molecule has 0 aliphatic carbocycles. The molecule has 28 heavy (non-hydrogen) atoms. The second-order valence-electron chi connectivity index (χ2n) is 6.74. The molecule has 142 valence electrons.